The van der Waals surface area contributed by atoms with Crippen LogP contribution in [0, 0.1) is 5.92 Å². The standard InChI is InChI=1S/C30H39N5O3S/c1-3-22(2)29(38)35-15-13-34(14-16-35)20-26-21-39-30(33-26)31-19-25(17-24-9-11-27(36)12-10-24)32-28(37)18-23-7-5-4-6-8-23/h4-12,21-22,25,36H,3,13-20H2,1-2H3,(H,31,33)(H,32,37)/t22?,25-/m0/s1. The van der Waals surface area contributed by atoms with E-state index < -0.39 is 0 Å². The molecule has 0 aliphatic carbocycles. The zero-order chi connectivity index (χ0) is 27.6. The Morgan fingerprint density at radius 3 is 2.44 bits per heavy atom. The Balaban J connectivity index is 1.30. The van der Waals surface area contributed by atoms with E-state index in [9.17, 15) is 14.7 Å². The number of hydrogen-bond acceptors (Lipinski definition) is 7. The summed E-state index contributed by atoms with van der Waals surface area (Å²) in [6.07, 6.45) is 1.83. The normalized spacial score (nSPS) is 15.5. The predicted octanol–water partition coefficient (Wildman–Crippen LogP) is 3.92. The number of nitrogens with zero attached hydrogens (tertiary/aromatic N) is 3. The number of carbonyl (C=O) groups is 2. The van der Waals surface area contributed by atoms with Gasteiger partial charge in [-0.2, -0.15) is 0 Å². The highest BCUT2D eigenvalue weighted by atomic mass is 32.1. The van der Waals surface area contributed by atoms with Crippen molar-refractivity contribution in [3.63, 3.8) is 0 Å². The lowest BCUT2D eigenvalue weighted by Crippen LogP contribution is -2.49. The van der Waals surface area contributed by atoms with Crippen molar-refractivity contribution in [3.05, 3.63) is 76.8 Å². The first-order valence-corrected chi connectivity index (χ1v) is 14.6. The number of amides is 2. The molecule has 3 aromatic rings. The maximum atomic E-state index is 12.8. The highest BCUT2D eigenvalue weighted by Crippen LogP contribution is 2.19. The van der Waals surface area contributed by atoms with Gasteiger partial charge in [-0.1, -0.05) is 56.3 Å². The minimum atomic E-state index is -0.144. The minimum absolute atomic E-state index is 0.0300. The first kappa shape index (κ1) is 28.6. The van der Waals surface area contributed by atoms with Crippen molar-refractivity contribution in [1.82, 2.24) is 20.1 Å². The van der Waals surface area contributed by atoms with Gasteiger partial charge in [0.15, 0.2) is 5.13 Å². The summed E-state index contributed by atoms with van der Waals surface area (Å²) in [5, 5.41) is 19.1. The third kappa shape index (κ3) is 8.80. The van der Waals surface area contributed by atoms with Gasteiger partial charge in [0.1, 0.15) is 5.75 Å². The van der Waals surface area contributed by atoms with Gasteiger partial charge in [-0.05, 0) is 36.1 Å². The van der Waals surface area contributed by atoms with Crippen LogP contribution in [0.5, 0.6) is 5.75 Å². The first-order valence-electron chi connectivity index (χ1n) is 13.7. The Morgan fingerprint density at radius 2 is 1.74 bits per heavy atom. The Hall–Kier alpha value is -3.43. The molecule has 1 aliphatic rings. The van der Waals surface area contributed by atoms with Crippen LogP contribution >= 0.6 is 11.3 Å². The van der Waals surface area contributed by atoms with Gasteiger partial charge in [0.2, 0.25) is 11.8 Å². The van der Waals surface area contributed by atoms with Gasteiger partial charge >= 0.3 is 0 Å². The number of benzene rings is 2. The number of rotatable bonds is 12. The number of phenolic OH excluding ortho intramolecular Hbond substituents is 1. The number of hydrogen-bond donors (Lipinski definition) is 3. The average Bonchev–Trinajstić information content (AvgIpc) is 3.40. The van der Waals surface area contributed by atoms with Crippen LogP contribution < -0.4 is 10.6 Å². The van der Waals surface area contributed by atoms with Crippen molar-refractivity contribution < 1.29 is 14.7 Å². The molecule has 2 heterocycles. The summed E-state index contributed by atoms with van der Waals surface area (Å²) in [6, 6.07) is 16.7. The second-order valence-corrected chi connectivity index (χ2v) is 11.1. The van der Waals surface area contributed by atoms with Crippen LogP contribution in [-0.4, -0.2) is 70.5 Å². The van der Waals surface area contributed by atoms with Gasteiger partial charge in [-0.3, -0.25) is 14.5 Å². The first-order chi connectivity index (χ1) is 18.9. The third-order valence-electron chi connectivity index (χ3n) is 7.15. The molecule has 3 N–H and O–H groups in total. The number of piperazine rings is 1. The maximum Gasteiger partial charge on any atom is 0.225 e. The number of thiazole rings is 1. The largest absolute Gasteiger partial charge is 0.508 e. The van der Waals surface area contributed by atoms with Crippen molar-refractivity contribution in [2.75, 3.05) is 38.0 Å². The number of nitrogens with one attached hydrogen (secondary N) is 2. The van der Waals surface area contributed by atoms with E-state index in [-0.39, 0.29) is 29.5 Å². The van der Waals surface area contributed by atoms with Crippen molar-refractivity contribution in [2.24, 2.45) is 5.92 Å². The Labute approximate surface area is 235 Å². The molecular formula is C30H39N5O3S. The summed E-state index contributed by atoms with van der Waals surface area (Å²) in [5.41, 5.74) is 3.01. The molecule has 0 saturated carbocycles. The summed E-state index contributed by atoms with van der Waals surface area (Å²) >= 11 is 1.56. The zero-order valence-corrected chi connectivity index (χ0v) is 23.6. The lowest BCUT2D eigenvalue weighted by Gasteiger charge is -2.35. The van der Waals surface area contributed by atoms with Gasteiger partial charge in [0.25, 0.3) is 0 Å². The Kier molecular flexibility index (Phi) is 10.3. The van der Waals surface area contributed by atoms with E-state index >= 15 is 0 Å². The second-order valence-electron chi connectivity index (χ2n) is 10.2. The topological polar surface area (TPSA) is 97.8 Å². The Bertz CT molecular complexity index is 1190. The van der Waals surface area contributed by atoms with Gasteiger partial charge in [-0.25, -0.2) is 4.98 Å². The molecule has 1 aliphatic heterocycles. The van der Waals surface area contributed by atoms with Crippen LogP contribution in [-0.2, 0) is 29.0 Å². The molecular weight excluding hydrogens is 510 g/mol. The monoisotopic (exact) mass is 549 g/mol. The molecule has 0 bridgehead atoms. The average molecular weight is 550 g/mol. The molecule has 9 heteroatoms. The zero-order valence-electron chi connectivity index (χ0n) is 22.8. The van der Waals surface area contributed by atoms with E-state index in [4.69, 9.17) is 4.98 Å². The molecule has 1 aromatic heterocycles. The number of anilines is 1. The van der Waals surface area contributed by atoms with Gasteiger partial charge in [0, 0.05) is 50.6 Å². The summed E-state index contributed by atoms with van der Waals surface area (Å²) in [6.45, 7) is 8.58. The van der Waals surface area contributed by atoms with Crippen molar-refractivity contribution in [2.45, 2.75) is 45.7 Å². The second kappa shape index (κ2) is 14.1. The molecule has 0 spiro atoms. The molecule has 39 heavy (non-hydrogen) atoms. The van der Waals surface area contributed by atoms with Crippen LogP contribution in [0.25, 0.3) is 0 Å². The molecule has 8 nitrogen and oxygen atoms in total. The van der Waals surface area contributed by atoms with Crippen molar-refractivity contribution >= 4 is 28.3 Å². The highest BCUT2D eigenvalue weighted by molar-refractivity contribution is 7.13. The summed E-state index contributed by atoms with van der Waals surface area (Å²) < 4.78 is 0. The number of aromatic nitrogens is 1. The van der Waals surface area contributed by atoms with E-state index in [0.29, 0.717) is 19.4 Å². The maximum absolute atomic E-state index is 12.8. The van der Waals surface area contributed by atoms with Crippen molar-refractivity contribution in [3.8, 4) is 5.75 Å². The van der Waals surface area contributed by atoms with E-state index in [1.807, 2.05) is 54.3 Å². The smallest absolute Gasteiger partial charge is 0.225 e. The lowest BCUT2D eigenvalue weighted by atomic mass is 10.0. The molecule has 0 radical (unpaired) electrons. The molecule has 1 fully saturated rings. The summed E-state index contributed by atoms with van der Waals surface area (Å²) in [4.78, 5) is 34.4. The number of carbonyl (C=O) groups excluding carboxylic acids is 2. The molecule has 2 amide bonds. The molecule has 1 saturated heterocycles. The van der Waals surface area contributed by atoms with Crippen LogP contribution in [0.3, 0.4) is 0 Å². The molecule has 2 aromatic carbocycles. The fraction of sp³-hybridized carbons (Fsp3) is 0.433. The van der Waals surface area contributed by atoms with E-state index in [1.165, 1.54) is 0 Å². The van der Waals surface area contributed by atoms with Crippen LogP contribution in [0.15, 0.2) is 60.0 Å². The fourth-order valence-corrected chi connectivity index (χ4v) is 5.38. The molecule has 4 rings (SSSR count). The summed E-state index contributed by atoms with van der Waals surface area (Å²) in [7, 11) is 0. The van der Waals surface area contributed by atoms with Gasteiger partial charge in [-0.15, -0.1) is 11.3 Å². The SMILES string of the molecule is CCC(C)C(=O)N1CCN(Cc2csc(NC[C@H](Cc3ccc(O)cc3)NC(=O)Cc3ccccc3)n2)CC1. The van der Waals surface area contributed by atoms with Crippen LogP contribution in [0.1, 0.15) is 37.1 Å². The highest BCUT2D eigenvalue weighted by Gasteiger charge is 2.24. The quantitative estimate of drug-likeness (QED) is 0.317. The third-order valence-corrected chi connectivity index (χ3v) is 7.99. The number of phenols is 1. The van der Waals surface area contributed by atoms with Crippen molar-refractivity contribution in [1.29, 1.82) is 0 Å². The molecule has 1 unspecified atom stereocenters. The summed E-state index contributed by atoms with van der Waals surface area (Å²) in [5.74, 6) is 0.540. The predicted molar refractivity (Wildman–Crippen MR) is 156 cm³/mol. The minimum Gasteiger partial charge on any atom is -0.508 e. The number of aromatic hydroxyl groups is 1. The molecule has 208 valence electrons. The van der Waals surface area contributed by atoms with Gasteiger partial charge < -0.3 is 20.6 Å². The molecule has 2 atom stereocenters. The van der Waals surface area contributed by atoms with E-state index in [0.717, 1.165) is 61.1 Å². The van der Waals surface area contributed by atoms with Gasteiger partial charge in [0.05, 0.1) is 18.2 Å². The van der Waals surface area contributed by atoms with Crippen LogP contribution in [0.2, 0.25) is 0 Å². The lowest BCUT2D eigenvalue weighted by molar-refractivity contribution is -0.136. The van der Waals surface area contributed by atoms with E-state index in [2.05, 4.69) is 27.8 Å². The van der Waals surface area contributed by atoms with E-state index in [1.54, 1.807) is 23.5 Å². The van der Waals surface area contributed by atoms with Crippen LogP contribution in [0.4, 0.5) is 5.13 Å². The Morgan fingerprint density at radius 1 is 1.03 bits per heavy atom. The fourth-order valence-electron chi connectivity index (χ4n) is 4.66.